The Morgan fingerprint density at radius 2 is 1.94 bits per heavy atom. The monoisotopic (exact) mass is 486 g/mol. The average molecular weight is 487 g/mol. The SMILES string of the molecule is [2H]C([2H])(C(=O)N1C([2H])([2H])C([2H])([2H])N(C(=N)/C=C\c2cc(C(C)C)c(-c3cn4ncnc4c(C)c3C)[nH]2)C([2H])([2H])C1([2H])[2H])N(C)C. The zero-order valence-corrected chi connectivity index (χ0v) is 20.6. The molecule has 4 rings (SSSR count). The van der Waals surface area contributed by atoms with Crippen molar-refractivity contribution in [2.45, 2.75) is 33.6 Å². The van der Waals surface area contributed by atoms with Gasteiger partial charge in [0.25, 0.3) is 0 Å². The van der Waals surface area contributed by atoms with Gasteiger partial charge in [0.1, 0.15) is 12.2 Å². The number of likely N-dealkylation sites (N-methyl/N-ethyl adjacent to an activating group) is 1. The van der Waals surface area contributed by atoms with Crippen LogP contribution in [-0.2, 0) is 4.79 Å². The number of aromatic nitrogens is 4. The molecule has 0 unspecified atom stereocenters. The third-order valence-electron chi connectivity index (χ3n) is 5.62. The number of amidine groups is 1. The van der Waals surface area contributed by atoms with Crippen LogP contribution >= 0.6 is 0 Å². The molecule has 0 saturated carbocycles. The average Bonchev–Trinajstić information content (AvgIpc) is 3.55. The van der Waals surface area contributed by atoms with Crippen LogP contribution in [0.2, 0.25) is 0 Å². The summed E-state index contributed by atoms with van der Waals surface area (Å²) in [5.41, 5.74) is 5.56. The van der Waals surface area contributed by atoms with E-state index < -0.39 is 44.2 Å². The van der Waals surface area contributed by atoms with Crippen molar-refractivity contribution >= 4 is 23.5 Å². The molecule has 1 fully saturated rings. The number of nitrogens with zero attached hydrogens (tertiary/aromatic N) is 6. The van der Waals surface area contributed by atoms with E-state index >= 15 is 0 Å². The van der Waals surface area contributed by atoms with Crippen molar-refractivity contribution in [3.63, 3.8) is 0 Å². The summed E-state index contributed by atoms with van der Waals surface area (Å²) in [6.45, 7) is -9.42. The summed E-state index contributed by atoms with van der Waals surface area (Å²) in [6, 6.07) is 1.81. The second-order valence-corrected chi connectivity index (χ2v) is 8.68. The van der Waals surface area contributed by atoms with Crippen molar-refractivity contribution in [2.75, 3.05) is 46.6 Å². The molecule has 0 aromatic carbocycles. The van der Waals surface area contributed by atoms with Crippen LogP contribution in [0, 0.1) is 19.3 Å². The number of hydrogen-bond acceptors (Lipinski definition) is 5. The van der Waals surface area contributed by atoms with Crippen LogP contribution < -0.4 is 0 Å². The minimum atomic E-state index is -3.62. The molecule has 0 aliphatic carbocycles. The Morgan fingerprint density at radius 1 is 1.26 bits per heavy atom. The maximum absolute atomic E-state index is 13.2. The molecule has 1 aliphatic heterocycles. The number of piperazine rings is 1. The molecule has 1 aliphatic rings. The maximum Gasteiger partial charge on any atom is 0.236 e. The number of carbonyl (C=O) groups excluding carboxylic acids is 1. The molecule has 3 aromatic heterocycles. The largest absolute Gasteiger partial charge is 0.355 e. The molecule has 35 heavy (non-hydrogen) atoms. The number of nitrogens with one attached hydrogen (secondary N) is 2. The fourth-order valence-electron chi connectivity index (χ4n) is 3.68. The fourth-order valence-corrected chi connectivity index (χ4v) is 3.68. The normalized spacial score (nSPS) is 25.1. The summed E-state index contributed by atoms with van der Waals surface area (Å²) in [4.78, 5) is 21.1. The minimum Gasteiger partial charge on any atom is -0.355 e. The highest BCUT2D eigenvalue weighted by Crippen LogP contribution is 2.33. The number of carbonyl (C=O) groups is 1. The van der Waals surface area contributed by atoms with Gasteiger partial charge < -0.3 is 19.7 Å². The molecule has 0 radical (unpaired) electrons. The number of rotatable bonds is 6. The van der Waals surface area contributed by atoms with Gasteiger partial charge in [-0.1, -0.05) is 13.8 Å². The lowest BCUT2D eigenvalue weighted by Crippen LogP contribution is -2.51. The lowest BCUT2D eigenvalue weighted by Gasteiger charge is -2.35. The van der Waals surface area contributed by atoms with Crippen molar-refractivity contribution < 1.29 is 18.5 Å². The van der Waals surface area contributed by atoms with Crippen molar-refractivity contribution in [3.05, 3.63) is 47.1 Å². The standard InChI is InChI=1S/C26H36N8O/c1-17(2)21-13-20(30-25(21)22-14-34-26(28-16-29-34)19(4)18(22)3)7-8-23(27)32-9-11-33(12-10-32)24(35)15-31(5)6/h7-8,13-14,16-17,27,30H,9-12,15H2,1-6H3/b8-7-,27-23?/i9D2,10D2,11D2,12D2,15D2. The van der Waals surface area contributed by atoms with Crippen LogP contribution in [0.15, 0.2) is 24.7 Å². The second kappa shape index (κ2) is 10.0. The van der Waals surface area contributed by atoms with E-state index in [1.807, 2.05) is 40.0 Å². The number of amides is 1. The Hall–Kier alpha value is -3.46. The van der Waals surface area contributed by atoms with E-state index in [9.17, 15) is 4.79 Å². The molecule has 1 saturated heterocycles. The van der Waals surface area contributed by atoms with Gasteiger partial charge in [-0.3, -0.25) is 10.2 Å². The summed E-state index contributed by atoms with van der Waals surface area (Å²) in [6.07, 6.45) is 5.68. The van der Waals surface area contributed by atoms with E-state index in [1.165, 1.54) is 12.4 Å². The molecular formula is C26H36N8O. The highest BCUT2D eigenvalue weighted by molar-refractivity contribution is 5.94. The molecule has 2 N–H and O–H groups in total. The van der Waals surface area contributed by atoms with Crippen molar-refractivity contribution in [1.29, 1.82) is 5.41 Å². The lowest BCUT2D eigenvalue weighted by atomic mass is 9.96. The minimum absolute atomic E-state index is 0.00483. The molecule has 9 heteroatoms. The highest BCUT2D eigenvalue weighted by Gasteiger charge is 2.22. The van der Waals surface area contributed by atoms with Crippen LogP contribution in [0.5, 0.6) is 0 Å². The van der Waals surface area contributed by atoms with Crippen molar-refractivity contribution in [3.8, 4) is 11.3 Å². The van der Waals surface area contributed by atoms with Crippen LogP contribution in [0.1, 0.15) is 55.9 Å². The van der Waals surface area contributed by atoms with Gasteiger partial charge in [0.15, 0.2) is 5.65 Å². The van der Waals surface area contributed by atoms with Crippen LogP contribution in [0.3, 0.4) is 0 Å². The third-order valence-corrected chi connectivity index (χ3v) is 5.62. The fraction of sp³-hybridized carbons (Fsp3) is 0.462. The Morgan fingerprint density at radius 3 is 2.60 bits per heavy atom. The van der Waals surface area contributed by atoms with Crippen LogP contribution in [-0.4, -0.2) is 92.6 Å². The topological polar surface area (TPSA) is 96.6 Å². The lowest BCUT2D eigenvalue weighted by molar-refractivity contribution is -0.133. The zero-order valence-electron chi connectivity index (χ0n) is 30.6. The summed E-state index contributed by atoms with van der Waals surface area (Å²) < 4.78 is 85.9. The Labute approximate surface area is 221 Å². The van der Waals surface area contributed by atoms with Crippen LogP contribution in [0.25, 0.3) is 23.0 Å². The highest BCUT2D eigenvalue weighted by atomic mass is 16.2. The van der Waals surface area contributed by atoms with Gasteiger partial charge in [0, 0.05) is 43.4 Å². The van der Waals surface area contributed by atoms with Crippen molar-refractivity contribution in [1.82, 2.24) is 34.3 Å². The number of pyridine rings is 1. The first-order valence-corrected chi connectivity index (χ1v) is 11.1. The second-order valence-electron chi connectivity index (χ2n) is 8.68. The Bertz CT molecular complexity index is 1660. The molecule has 0 spiro atoms. The number of fused-ring (bicyclic) bond motifs is 1. The molecule has 186 valence electrons. The van der Waals surface area contributed by atoms with Gasteiger partial charge in [-0.05, 0) is 68.8 Å². The van der Waals surface area contributed by atoms with E-state index in [-0.39, 0.29) is 15.7 Å². The number of aromatic amines is 1. The smallest absolute Gasteiger partial charge is 0.236 e. The summed E-state index contributed by atoms with van der Waals surface area (Å²) in [7, 11) is 2.30. The first-order chi connectivity index (χ1) is 20.4. The third kappa shape index (κ3) is 5.14. The molecular weight excluding hydrogens is 440 g/mol. The number of H-pyrrole nitrogens is 1. The number of hydrogen-bond donors (Lipinski definition) is 2. The summed E-state index contributed by atoms with van der Waals surface area (Å²) in [5, 5.41) is 12.9. The van der Waals surface area contributed by atoms with E-state index in [4.69, 9.17) is 19.1 Å². The van der Waals surface area contributed by atoms with E-state index in [0.29, 0.717) is 11.3 Å². The van der Waals surface area contributed by atoms with Gasteiger partial charge in [0.05, 0.1) is 25.9 Å². The zero-order chi connectivity index (χ0) is 34.2. The van der Waals surface area contributed by atoms with E-state index in [2.05, 4.69) is 15.1 Å². The molecule has 9 nitrogen and oxygen atoms in total. The van der Waals surface area contributed by atoms with Gasteiger partial charge in [-0.2, -0.15) is 5.10 Å². The van der Waals surface area contributed by atoms with E-state index in [0.717, 1.165) is 53.0 Å². The van der Waals surface area contributed by atoms with Gasteiger partial charge in [0.2, 0.25) is 5.91 Å². The van der Waals surface area contributed by atoms with Gasteiger partial charge in [-0.25, -0.2) is 9.50 Å². The molecule has 0 atom stereocenters. The van der Waals surface area contributed by atoms with Crippen molar-refractivity contribution in [2.24, 2.45) is 0 Å². The first kappa shape index (κ1) is 14.8. The predicted octanol–water partition coefficient (Wildman–Crippen LogP) is 3.16. The van der Waals surface area contributed by atoms with Gasteiger partial charge >= 0.3 is 0 Å². The Kier molecular flexibility index (Phi) is 4.25. The van der Waals surface area contributed by atoms with Gasteiger partial charge in [-0.15, -0.1) is 0 Å². The maximum atomic E-state index is 13.2. The molecule has 1 amide bonds. The summed E-state index contributed by atoms with van der Waals surface area (Å²) in [5.74, 6) is -2.69. The summed E-state index contributed by atoms with van der Waals surface area (Å²) >= 11 is 0. The molecule has 0 bridgehead atoms. The molecule has 4 heterocycles. The first-order valence-electron chi connectivity index (χ1n) is 16.1. The molecule has 3 aromatic rings. The predicted molar refractivity (Wildman–Crippen MR) is 140 cm³/mol. The van der Waals surface area contributed by atoms with Crippen LogP contribution in [0.4, 0.5) is 0 Å². The Balaban J connectivity index is 1.77. The number of aryl methyl sites for hydroxylation is 1. The van der Waals surface area contributed by atoms with E-state index in [1.54, 1.807) is 4.52 Å². The quantitative estimate of drug-likeness (QED) is 0.412.